The number of carbonyl (C=O) groups is 1. The Labute approximate surface area is 65.2 Å². The molecule has 5 heteroatoms. The Bertz CT molecular complexity index is 312. The molecule has 1 N–H and O–H groups in total. The molecule has 12 heavy (non-hydrogen) atoms. The van der Waals surface area contributed by atoms with Crippen molar-refractivity contribution in [1.29, 1.82) is 0 Å². The molecular weight excluding hydrogens is 173 g/mol. The second-order valence-electron chi connectivity index (χ2n) is 1.96. The quantitative estimate of drug-likeness (QED) is 0.658. The summed E-state index contributed by atoms with van der Waals surface area (Å²) in [4.78, 5) is 10.1. The monoisotopic (exact) mass is 175 g/mol. The lowest BCUT2D eigenvalue weighted by Gasteiger charge is -1.96. The first-order chi connectivity index (χ1) is 5.52. The molecule has 1 aromatic rings. The van der Waals surface area contributed by atoms with E-state index >= 15 is 0 Å². The third-order valence-corrected chi connectivity index (χ3v) is 1.15. The zero-order valence-corrected chi connectivity index (χ0v) is 5.57. The summed E-state index contributed by atoms with van der Waals surface area (Å²) >= 11 is 0. The van der Waals surface area contributed by atoms with Gasteiger partial charge in [0.25, 0.3) is 0 Å². The SMILES string of the molecule is O=C(O)c1[c]c(F)c(F)c(F)c1. The van der Waals surface area contributed by atoms with E-state index in [1.165, 1.54) is 6.07 Å². The first kappa shape index (κ1) is 8.58. The Kier molecular flexibility index (Phi) is 2.03. The Morgan fingerprint density at radius 1 is 1.42 bits per heavy atom. The van der Waals surface area contributed by atoms with E-state index in [2.05, 4.69) is 0 Å². The lowest BCUT2D eigenvalue weighted by molar-refractivity contribution is 0.0695. The minimum atomic E-state index is -1.72. The van der Waals surface area contributed by atoms with Crippen molar-refractivity contribution >= 4 is 5.97 Å². The van der Waals surface area contributed by atoms with Crippen molar-refractivity contribution in [3.8, 4) is 0 Å². The fraction of sp³-hybridized carbons (Fsp3) is 0. The van der Waals surface area contributed by atoms with Gasteiger partial charge in [-0.3, -0.25) is 0 Å². The summed E-state index contributed by atoms with van der Waals surface area (Å²) in [6.07, 6.45) is 0. The van der Waals surface area contributed by atoms with Gasteiger partial charge < -0.3 is 5.11 Å². The average molecular weight is 175 g/mol. The second kappa shape index (κ2) is 2.84. The molecule has 0 heterocycles. The molecule has 0 unspecified atom stereocenters. The normalized spacial score (nSPS) is 9.92. The van der Waals surface area contributed by atoms with E-state index in [4.69, 9.17) is 5.11 Å². The van der Waals surface area contributed by atoms with Crippen LogP contribution in [0.5, 0.6) is 0 Å². The average Bonchev–Trinajstić information content (AvgIpc) is 1.99. The van der Waals surface area contributed by atoms with Gasteiger partial charge in [0, 0.05) is 6.07 Å². The molecule has 0 aliphatic heterocycles. The molecule has 1 rings (SSSR count). The van der Waals surface area contributed by atoms with Crippen molar-refractivity contribution in [2.24, 2.45) is 0 Å². The molecule has 63 valence electrons. The number of benzene rings is 1. The Morgan fingerprint density at radius 3 is 2.42 bits per heavy atom. The molecule has 0 spiro atoms. The van der Waals surface area contributed by atoms with Crippen LogP contribution in [0.4, 0.5) is 13.2 Å². The predicted octanol–water partition coefficient (Wildman–Crippen LogP) is 1.60. The van der Waals surface area contributed by atoms with Gasteiger partial charge >= 0.3 is 5.97 Å². The van der Waals surface area contributed by atoms with Crippen LogP contribution < -0.4 is 0 Å². The minimum Gasteiger partial charge on any atom is -0.478 e. The summed E-state index contributed by atoms with van der Waals surface area (Å²) in [5, 5.41) is 8.24. The Morgan fingerprint density at radius 2 is 2.00 bits per heavy atom. The van der Waals surface area contributed by atoms with E-state index in [0.717, 1.165) is 0 Å². The Hall–Kier alpha value is -1.52. The molecule has 0 amide bonds. The third-order valence-electron chi connectivity index (χ3n) is 1.15. The van der Waals surface area contributed by atoms with Crippen LogP contribution in [-0.2, 0) is 0 Å². The maximum absolute atomic E-state index is 12.3. The number of aromatic carboxylic acids is 1. The van der Waals surface area contributed by atoms with Gasteiger partial charge in [-0.1, -0.05) is 0 Å². The maximum atomic E-state index is 12.3. The third kappa shape index (κ3) is 1.39. The van der Waals surface area contributed by atoms with Gasteiger partial charge in [-0.05, 0) is 6.07 Å². The highest BCUT2D eigenvalue weighted by Gasteiger charge is 2.14. The summed E-state index contributed by atoms with van der Waals surface area (Å²) in [5.41, 5.74) is -0.744. The first-order valence-electron chi connectivity index (χ1n) is 2.82. The van der Waals surface area contributed by atoms with E-state index in [1.54, 1.807) is 0 Å². The fourth-order valence-electron chi connectivity index (χ4n) is 0.619. The molecule has 0 saturated carbocycles. The lowest BCUT2D eigenvalue weighted by Crippen LogP contribution is -2.01. The van der Waals surface area contributed by atoms with E-state index in [0.29, 0.717) is 6.07 Å². The molecule has 0 atom stereocenters. The van der Waals surface area contributed by atoms with Crippen LogP contribution in [0.25, 0.3) is 0 Å². The van der Waals surface area contributed by atoms with Crippen molar-refractivity contribution in [1.82, 2.24) is 0 Å². The van der Waals surface area contributed by atoms with E-state index in [9.17, 15) is 18.0 Å². The summed E-state index contributed by atoms with van der Waals surface area (Å²) in [5.74, 6) is -6.45. The molecule has 0 aliphatic carbocycles. The lowest BCUT2D eigenvalue weighted by atomic mass is 10.2. The summed E-state index contributed by atoms with van der Waals surface area (Å²) in [6.45, 7) is 0. The van der Waals surface area contributed by atoms with E-state index < -0.39 is 29.0 Å². The van der Waals surface area contributed by atoms with Gasteiger partial charge in [0.05, 0.1) is 5.56 Å². The number of rotatable bonds is 1. The highest BCUT2D eigenvalue weighted by Crippen LogP contribution is 2.12. The molecule has 1 aromatic carbocycles. The standard InChI is InChI=1S/C7H2F3O2/c8-4-1-3(7(11)12)2-5(9)6(4)10/h1H,(H,11,12). The van der Waals surface area contributed by atoms with Crippen LogP contribution in [0.3, 0.4) is 0 Å². The first-order valence-corrected chi connectivity index (χ1v) is 2.82. The summed E-state index contributed by atoms with van der Waals surface area (Å²) in [7, 11) is 0. The van der Waals surface area contributed by atoms with Gasteiger partial charge in [0.2, 0.25) is 0 Å². The molecule has 0 aliphatic rings. The molecule has 0 fully saturated rings. The van der Waals surface area contributed by atoms with Crippen LogP contribution >= 0.6 is 0 Å². The second-order valence-corrected chi connectivity index (χ2v) is 1.96. The van der Waals surface area contributed by atoms with Crippen LogP contribution in [0.1, 0.15) is 10.4 Å². The highest BCUT2D eigenvalue weighted by molar-refractivity contribution is 5.87. The molecule has 0 aromatic heterocycles. The van der Waals surface area contributed by atoms with Crippen molar-refractivity contribution < 1.29 is 23.1 Å². The molecular formula is C7H2F3O2. The Balaban J connectivity index is 3.31. The van der Waals surface area contributed by atoms with Gasteiger partial charge in [-0.15, -0.1) is 0 Å². The van der Waals surface area contributed by atoms with Crippen LogP contribution in [0, 0.1) is 23.5 Å². The van der Waals surface area contributed by atoms with Gasteiger partial charge in [-0.2, -0.15) is 0 Å². The van der Waals surface area contributed by atoms with Crippen LogP contribution in [0.2, 0.25) is 0 Å². The van der Waals surface area contributed by atoms with Gasteiger partial charge in [0.15, 0.2) is 17.5 Å². The minimum absolute atomic E-state index is 0.362. The smallest absolute Gasteiger partial charge is 0.336 e. The maximum Gasteiger partial charge on any atom is 0.336 e. The fourth-order valence-corrected chi connectivity index (χ4v) is 0.619. The molecule has 0 saturated heterocycles. The van der Waals surface area contributed by atoms with Crippen molar-refractivity contribution in [2.75, 3.05) is 0 Å². The highest BCUT2D eigenvalue weighted by atomic mass is 19.2. The van der Waals surface area contributed by atoms with Gasteiger partial charge in [-0.25, -0.2) is 18.0 Å². The van der Waals surface area contributed by atoms with Gasteiger partial charge in [0.1, 0.15) is 0 Å². The predicted molar refractivity (Wildman–Crippen MR) is 32.1 cm³/mol. The largest absolute Gasteiger partial charge is 0.478 e. The molecule has 0 bridgehead atoms. The topological polar surface area (TPSA) is 37.3 Å². The molecule has 2 nitrogen and oxygen atoms in total. The van der Waals surface area contributed by atoms with Crippen molar-refractivity contribution in [3.63, 3.8) is 0 Å². The number of carboxylic acid groups (broad SMARTS) is 1. The van der Waals surface area contributed by atoms with E-state index in [-0.39, 0.29) is 0 Å². The molecule has 1 radical (unpaired) electrons. The number of halogens is 3. The van der Waals surface area contributed by atoms with Crippen LogP contribution in [0.15, 0.2) is 6.07 Å². The summed E-state index contributed by atoms with van der Waals surface area (Å²) < 4.78 is 36.8. The van der Waals surface area contributed by atoms with Crippen LogP contribution in [-0.4, -0.2) is 11.1 Å². The number of hydrogen-bond acceptors (Lipinski definition) is 1. The number of carboxylic acids is 1. The summed E-state index contributed by atoms with van der Waals surface area (Å²) in [6, 6.07) is 1.90. The van der Waals surface area contributed by atoms with Crippen molar-refractivity contribution in [2.45, 2.75) is 0 Å². The van der Waals surface area contributed by atoms with E-state index in [1.807, 2.05) is 0 Å². The zero-order chi connectivity index (χ0) is 9.30. The zero-order valence-electron chi connectivity index (χ0n) is 5.57. The van der Waals surface area contributed by atoms with Crippen molar-refractivity contribution in [3.05, 3.63) is 35.1 Å². The number of hydrogen-bond donors (Lipinski definition) is 1.